The zero-order valence-corrected chi connectivity index (χ0v) is 18.1. The van der Waals surface area contributed by atoms with Crippen molar-refractivity contribution in [3.05, 3.63) is 94.8 Å². The minimum Gasteiger partial charge on any atom is -0.494 e. The number of hydrogen-bond donors (Lipinski definition) is 1. The first-order chi connectivity index (χ1) is 15.1. The molecule has 1 heterocycles. The van der Waals surface area contributed by atoms with Gasteiger partial charge in [-0.2, -0.15) is 0 Å². The number of imidazole rings is 1. The fourth-order valence-corrected chi connectivity index (χ4v) is 3.63. The maximum absolute atomic E-state index is 12.6. The summed E-state index contributed by atoms with van der Waals surface area (Å²) >= 11 is 5.92. The summed E-state index contributed by atoms with van der Waals surface area (Å²) in [5.74, 6) is 1.52. The molecule has 4 aromatic rings. The van der Waals surface area contributed by atoms with Crippen molar-refractivity contribution in [1.29, 1.82) is 0 Å². The number of rotatable bonds is 8. The number of para-hydroxylation sites is 2. The Labute approximate surface area is 186 Å². The molecule has 0 aliphatic heterocycles. The molecule has 5 nitrogen and oxygen atoms in total. The van der Waals surface area contributed by atoms with E-state index >= 15 is 0 Å². The number of aryl methyl sites for hydroxylation is 2. The van der Waals surface area contributed by atoms with Gasteiger partial charge >= 0.3 is 0 Å². The molecule has 6 heteroatoms. The van der Waals surface area contributed by atoms with Crippen LogP contribution in [0, 0.1) is 6.92 Å². The van der Waals surface area contributed by atoms with Gasteiger partial charge in [-0.05, 0) is 61.9 Å². The van der Waals surface area contributed by atoms with Crippen LogP contribution in [0.4, 0.5) is 0 Å². The number of carbonyl (C=O) groups is 1. The summed E-state index contributed by atoms with van der Waals surface area (Å²) in [4.78, 5) is 17.3. The highest BCUT2D eigenvalue weighted by Crippen LogP contribution is 2.18. The molecule has 31 heavy (non-hydrogen) atoms. The number of carbonyl (C=O) groups excluding carboxylic acids is 1. The lowest BCUT2D eigenvalue weighted by molar-refractivity contribution is 0.0949. The highest BCUT2D eigenvalue weighted by atomic mass is 35.5. The van der Waals surface area contributed by atoms with E-state index < -0.39 is 0 Å². The Hall–Kier alpha value is -3.31. The van der Waals surface area contributed by atoms with E-state index in [0.717, 1.165) is 41.1 Å². The monoisotopic (exact) mass is 433 g/mol. The Morgan fingerprint density at radius 3 is 2.68 bits per heavy atom. The average Bonchev–Trinajstić information content (AvgIpc) is 3.14. The normalized spacial score (nSPS) is 10.9. The van der Waals surface area contributed by atoms with Crippen LogP contribution in [0.2, 0.25) is 5.02 Å². The Bertz CT molecular complexity index is 1190. The molecule has 0 unspecified atom stereocenters. The molecular weight excluding hydrogens is 410 g/mol. The first kappa shape index (κ1) is 20.9. The van der Waals surface area contributed by atoms with Gasteiger partial charge in [-0.25, -0.2) is 4.98 Å². The van der Waals surface area contributed by atoms with Gasteiger partial charge in [-0.15, -0.1) is 0 Å². The average molecular weight is 434 g/mol. The lowest BCUT2D eigenvalue weighted by atomic mass is 10.1. The van der Waals surface area contributed by atoms with E-state index in [-0.39, 0.29) is 5.91 Å². The fraction of sp³-hybridized carbons (Fsp3) is 0.200. The minimum absolute atomic E-state index is 0.103. The third-order valence-corrected chi connectivity index (χ3v) is 5.28. The molecule has 0 saturated carbocycles. The van der Waals surface area contributed by atoms with Crippen LogP contribution in [0.3, 0.4) is 0 Å². The van der Waals surface area contributed by atoms with E-state index in [4.69, 9.17) is 21.3 Å². The Morgan fingerprint density at radius 1 is 1.06 bits per heavy atom. The van der Waals surface area contributed by atoms with Crippen LogP contribution in [0.5, 0.6) is 5.75 Å². The van der Waals surface area contributed by atoms with Crippen molar-refractivity contribution in [3.63, 3.8) is 0 Å². The summed E-state index contributed by atoms with van der Waals surface area (Å²) in [7, 11) is 0. The van der Waals surface area contributed by atoms with E-state index in [1.54, 1.807) is 0 Å². The molecule has 0 saturated heterocycles. The largest absolute Gasteiger partial charge is 0.494 e. The highest BCUT2D eigenvalue weighted by molar-refractivity contribution is 6.30. The van der Waals surface area contributed by atoms with Gasteiger partial charge in [0, 0.05) is 17.1 Å². The van der Waals surface area contributed by atoms with Gasteiger partial charge in [0.05, 0.1) is 24.2 Å². The molecule has 1 N–H and O–H groups in total. The van der Waals surface area contributed by atoms with E-state index in [0.29, 0.717) is 23.7 Å². The maximum Gasteiger partial charge on any atom is 0.251 e. The van der Waals surface area contributed by atoms with Gasteiger partial charge in [0.2, 0.25) is 0 Å². The van der Waals surface area contributed by atoms with Crippen LogP contribution in [0.15, 0.2) is 72.8 Å². The van der Waals surface area contributed by atoms with Crippen LogP contribution in [-0.2, 0) is 13.1 Å². The number of ether oxygens (including phenoxy) is 1. The van der Waals surface area contributed by atoms with Crippen molar-refractivity contribution in [1.82, 2.24) is 14.9 Å². The Morgan fingerprint density at radius 2 is 1.87 bits per heavy atom. The number of amides is 1. The van der Waals surface area contributed by atoms with Gasteiger partial charge < -0.3 is 14.6 Å². The second-order valence-corrected chi connectivity index (χ2v) is 7.81. The van der Waals surface area contributed by atoms with Crippen molar-refractivity contribution in [2.24, 2.45) is 0 Å². The summed E-state index contributed by atoms with van der Waals surface area (Å²) in [6, 6.07) is 22.9. The van der Waals surface area contributed by atoms with Gasteiger partial charge in [-0.1, -0.05) is 41.4 Å². The predicted molar refractivity (Wildman–Crippen MR) is 124 cm³/mol. The van der Waals surface area contributed by atoms with Crippen molar-refractivity contribution in [3.8, 4) is 5.75 Å². The van der Waals surface area contributed by atoms with Crippen molar-refractivity contribution < 1.29 is 9.53 Å². The minimum atomic E-state index is -0.103. The molecule has 1 aromatic heterocycles. The number of hydrogen-bond acceptors (Lipinski definition) is 3. The first-order valence-corrected chi connectivity index (χ1v) is 10.7. The number of nitrogens with zero attached hydrogens (tertiary/aromatic N) is 2. The second-order valence-electron chi connectivity index (χ2n) is 7.38. The van der Waals surface area contributed by atoms with Gasteiger partial charge in [0.1, 0.15) is 11.6 Å². The smallest absolute Gasteiger partial charge is 0.251 e. The highest BCUT2D eigenvalue weighted by Gasteiger charge is 2.12. The molecule has 1 amide bonds. The van der Waals surface area contributed by atoms with E-state index in [1.807, 2.05) is 79.7 Å². The molecule has 4 rings (SSSR count). The van der Waals surface area contributed by atoms with Crippen LogP contribution >= 0.6 is 11.6 Å². The molecule has 0 radical (unpaired) electrons. The van der Waals surface area contributed by atoms with E-state index in [1.165, 1.54) is 0 Å². The molecule has 0 bridgehead atoms. The third-order valence-electron chi connectivity index (χ3n) is 5.03. The van der Waals surface area contributed by atoms with E-state index in [2.05, 4.69) is 9.88 Å². The lowest BCUT2D eigenvalue weighted by Crippen LogP contribution is -2.25. The van der Waals surface area contributed by atoms with Crippen LogP contribution in [0.25, 0.3) is 11.0 Å². The molecule has 158 valence electrons. The Balaban J connectivity index is 1.42. The molecule has 0 spiro atoms. The Kier molecular flexibility index (Phi) is 6.53. The summed E-state index contributed by atoms with van der Waals surface area (Å²) in [5, 5.41) is 3.69. The van der Waals surface area contributed by atoms with E-state index in [9.17, 15) is 4.79 Å². The predicted octanol–water partition coefficient (Wildman–Crippen LogP) is 5.40. The SMILES string of the molecule is Cc1cccc(C(=O)NCc2nc3ccccc3n2CCCOc2ccc(Cl)cc2)c1. The first-order valence-electron chi connectivity index (χ1n) is 10.3. The van der Waals surface area contributed by atoms with Gasteiger partial charge in [-0.3, -0.25) is 4.79 Å². The zero-order valence-electron chi connectivity index (χ0n) is 17.3. The van der Waals surface area contributed by atoms with Crippen LogP contribution in [-0.4, -0.2) is 22.1 Å². The number of benzene rings is 3. The zero-order chi connectivity index (χ0) is 21.6. The van der Waals surface area contributed by atoms with Crippen molar-refractivity contribution in [2.75, 3.05) is 6.61 Å². The molecule has 3 aromatic carbocycles. The van der Waals surface area contributed by atoms with Crippen molar-refractivity contribution >= 4 is 28.5 Å². The number of nitrogens with one attached hydrogen (secondary N) is 1. The molecule has 0 atom stereocenters. The fourth-order valence-electron chi connectivity index (χ4n) is 3.50. The van der Waals surface area contributed by atoms with Crippen LogP contribution in [0.1, 0.15) is 28.2 Å². The lowest BCUT2D eigenvalue weighted by Gasteiger charge is -2.11. The van der Waals surface area contributed by atoms with Gasteiger partial charge in [0.25, 0.3) is 5.91 Å². The standard InChI is InChI=1S/C25H24ClN3O2/c1-18-6-4-7-19(16-18)25(30)27-17-24-28-22-8-2-3-9-23(22)29(24)14-5-15-31-21-12-10-20(26)11-13-21/h2-4,6-13,16H,5,14-15,17H2,1H3,(H,27,30). The summed E-state index contributed by atoms with van der Waals surface area (Å²) < 4.78 is 7.97. The maximum atomic E-state index is 12.6. The third kappa shape index (κ3) is 5.25. The molecular formula is C25H24ClN3O2. The number of fused-ring (bicyclic) bond motifs is 1. The topological polar surface area (TPSA) is 56.2 Å². The van der Waals surface area contributed by atoms with Gasteiger partial charge in [0.15, 0.2) is 0 Å². The van der Waals surface area contributed by atoms with Crippen LogP contribution < -0.4 is 10.1 Å². The van der Waals surface area contributed by atoms with Crippen molar-refractivity contribution in [2.45, 2.75) is 26.4 Å². The molecule has 0 aliphatic rings. The summed E-state index contributed by atoms with van der Waals surface area (Å²) in [6.07, 6.45) is 0.807. The number of halogens is 1. The summed E-state index contributed by atoms with van der Waals surface area (Å²) in [6.45, 7) is 3.65. The molecule has 0 fully saturated rings. The quantitative estimate of drug-likeness (QED) is 0.378. The molecule has 0 aliphatic carbocycles. The number of aromatic nitrogens is 2. The second kappa shape index (κ2) is 9.67. The summed E-state index contributed by atoms with van der Waals surface area (Å²) in [5.41, 5.74) is 3.68.